The van der Waals surface area contributed by atoms with Gasteiger partial charge in [0, 0.05) is 35.5 Å². The molecular weight excluding hydrogens is 428 g/mol. The van der Waals surface area contributed by atoms with E-state index >= 15 is 0 Å². The molecule has 0 unspecified atom stereocenters. The molecule has 0 saturated carbocycles. The number of anilines is 1. The number of carbonyl (C=O) groups is 1. The molecule has 0 bridgehead atoms. The maximum Gasteiger partial charge on any atom is 0.288 e. The van der Waals surface area contributed by atoms with Crippen LogP contribution in [0.2, 0.25) is 5.02 Å². The predicted molar refractivity (Wildman–Crippen MR) is 111 cm³/mol. The molecule has 3 aromatic rings. The van der Waals surface area contributed by atoms with Crippen LogP contribution in [0.4, 0.5) is 17.1 Å². The lowest BCUT2D eigenvalue weighted by Crippen LogP contribution is -2.13. The van der Waals surface area contributed by atoms with Gasteiger partial charge in [-0.3, -0.25) is 25.0 Å². The Morgan fingerprint density at radius 3 is 2.55 bits per heavy atom. The van der Waals surface area contributed by atoms with Crippen LogP contribution in [0.3, 0.4) is 0 Å². The summed E-state index contributed by atoms with van der Waals surface area (Å²) in [5.41, 5.74) is -0.284. The Balaban J connectivity index is 1.83. The van der Waals surface area contributed by atoms with Crippen molar-refractivity contribution < 1.29 is 19.1 Å². The normalized spacial score (nSPS) is 10.9. The van der Waals surface area contributed by atoms with E-state index in [9.17, 15) is 30.3 Å². The molecule has 0 spiro atoms. The number of hydrogen-bond acceptors (Lipinski definition) is 7. The van der Waals surface area contributed by atoms with Crippen molar-refractivity contribution in [2.45, 2.75) is 0 Å². The minimum atomic E-state index is -0.789. The first-order valence-electron chi connectivity index (χ1n) is 8.50. The summed E-state index contributed by atoms with van der Waals surface area (Å²) >= 11 is 5.80. The van der Waals surface area contributed by atoms with Gasteiger partial charge in [-0.15, -0.1) is 0 Å². The molecule has 0 aliphatic heterocycles. The van der Waals surface area contributed by atoms with E-state index in [1.807, 2.05) is 0 Å². The highest BCUT2D eigenvalue weighted by Crippen LogP contribution is 2.31. The van der Waals surface area contributed by atoms with Crippen LogP contribution in [0.25, 0.3) is 17.4 Å². The first kappa shape index (κ1) is 21.2. The van der Waals surface area contributed by atoms with Gasteiger partial charge in [-0.25, -0.2) is 0 Å². The molecule has 0 radical (unpaired) electrons. The monoisotopic (exact) mass is 438 g/mol. The highest BCUT2D eigenvalue weighted by molar-refractivity contribution is 6.32. The van der Waals surface area contributed by atoms with E-state index in [1.54, 1.807) is 6.07 Å². The SMILES string of the molecule is N#C/C(=C\c1ccc(-c2ccc(Cl)c([N+](=O)[O-])c2)o1)C(=O)Nc1cccc([N+](=O)[O-])c1. The van der Waals surface area contributed by atoms with Crippen LogP contribution < -0.4 is 5.32 Å². The van der Waals surface area contributed by atoms with Gasteiger partial charge in [-0.1, -0.05) is 17.7 Å². The molecule has 0 aliphatic rings. The van der Waals surface area contributed by atoms with Crippen LogP contribution >= 0.6 is 11.6 Å². The summed E-state index contributed by atoms with van der Waals surface area (Å²) in [7, 11) is 0. The summed E-state index contributed by atoms with van der Waals surface area (Å²) in [5, 5.41) is 33.6. The standard InChI is InChI=1S/C20H11ClN4O6/c21-17-6-4-12(9-18(17)25(29)30)19-7-5-16(31-19)8-13(11-22)20(26)23-14-2-1-3-15(10-14)24(27)28/h1-10H,(H,23,26)/b13-8+. The largest absolute Gasteiger partial charge is 0.457 e. The Hall–Kier alpha value is -4.49. The molecule has 11 heteroatoms. The highest BCUT2D eigenvalue weighted by atomic mass is 35.5. The Morgan fingerprint density at radius 1 is 1.10 bits per heavy atom. The summed E-state index contributed by atoms with van der Waals surface area (Å²) in [6, 6.07) is 14.1. The van der Waals surface area contributed by atoms with E-state index in [1.165, 1.54) is 54.6 Å². The fourth-order valence-corrected chi connectivity index (χ4v) is 2.76. The summed E-state index contributed by atoms with van der Waals surface area (Å²) in [6.45, 7) is 0. The zero-order chi connectivity index (χ0) is 22.5. The molecule has 0 fully saturated rings. The van der Waals surface area contributed by atoms with Gasteiger partial charge in [0.1, 0.15) is 28.2 Å². The molecule has 3 rings (SSSR count). The summed E-state index contributed by atoms with van der Waals surface area (Å²) < 4.78 is 5.57. The molecule has 0 saturated heterocycles. The molecule has 2 aromatic carbocycles. The third kappa shape index (κ3) is 4.92. The Bertz CT molecular complexity index is 1270. The van der Waals surface area contributed by atoms with Gasteiger partial charge < -0.3 is 9.73 Å². The molecule has 0 atom stereocenters. The van der Waals surface area contributed by atoms with Gasteiger partial charge in [0.2, 0.25) is 0 Å². The second-order valence-corrected chi connectivity index (χ2v) is 6.46. The van der Waals surface area contributed by atoms with Crippen LogP contribution in [0, 0.1) is 31.6 Å². The molecule has 31 heavy (non-hydrogen) atoms. The van der Waals surface area contributed by atoms with Gasteiger partial charge in [0.05, 0.1) is 9.85 Å². The predicted octanol–water partition coefficient (Wildman–Crippen LogP) is 4.96. The van der Waals surface area contributed by atoms with Gasteiger partial charge >= 0.3 is 0 Å². The fraction of sp³-hybridized carbons (Fsp3) is 0. The summed E-state index contributed by atoms with van der Waals surface area (Å²) in [5.74, 6) is -0.371. The molecule has 1 N–H and O–H groups in total. The number of nitro benzene ring substituents is 2. The third-order valence-electron chi connectivity index (χ3n) is 4.02. The highest BCUT2D eigenvalue weighted by Gasteiger charge is 2.16. The van der Waals surface area contributed by atoms with E-state index in [0.717, 1.165) is 6.07 Å². The number of nitrogens with zero attached hydrogens (tertiary/aromatic N) is 3. The smallest absolute Gasteiger partial charge is 0.288 e. The summed E-state index contributed by atoms with van der Waals surface area (Å²) in [4.78, 5) is 33.0. The van der Waals surface area contributed by atoms with E-state index in [2.05, 4.69) is 5.32 Å². The van der Waals surface area contributed by atoms with Crippen LogP contribution in [-0.2, 0) is 4.79 Å². The van der Waals surface area contributed by atoms with Crippen molar-refractivity contribution in [2.24, 2.45) is 0 Å². The van der Waals surface area contributed by atoms with Gasteiger partial charge in [-0.05, 0) is 30.3 Å². The minimum absolute atomic E-state index is 0.0231. The van der Waals surface area contributed by atoms with Crippen molar-refractivity contribution in [1.29, 1.82) is 5.26 Å². The maximum atomic E-state index is 12.4. The van der Waals surface area contributed by atoms with E-state index in [-0.39, 0.29) is 39.2 Å². The van der Waals surface area contributed by atoms with Crippen molar-refractivity contribution in [3.05, 3.63) is 91.2 Å². The Labute approximate surface area is 179 Å². The van der Waals surface area contributed by atoms with E-state index in [4.69, 9.17) is 16.0 Å². The van der Waals surface area contributed by atoms with Crippen molar-refractivity contribution in [3.63, 3.8) is 0 Å². The number of nitriles is 1. The first-order chi connectivity index (χ1) is 14.8. The number of non-ortho nitro benzene ring substituents is 1. The van der Waals surface area contributed by atoms with Gasteiger partial charge in [0.15, 0.2) is 0 Å². The minimum Gasteiger partial charge on any atom is -0.457 e. The van der Waals surface area contributed by atoms with Crippen LogP contribution in [0.15, 0.2) is 64.6 Å². The third-order valence-corrected chi connectivity index (χ3v) is 4.34. The fourth-order valence-electron chi connectivity index (χ4n) is 2.58. The first-order valence-corrected chi connectivity index (χ1v) is 8.88. The van der Waals surface area contributed by atoms with Crippen molar-refractivity contribution in [1.82, 2.24) is 0 Å². The van der Waals surface area contributed by atoms with Crippen LogP contribution in [0.1, 0.15) is 5.76 Å². The average Bonchev–Trinajstić information content (AvgIpc) is 3.20. The van der Waals surface area contributed by atoms with E-state index < -0.39 is 15.8 Å². The number of rotatable bonds is 6. The molecule has 154 valence electrons. The number of hydrogen-bond donors (Lipinski definition) is 1. The van der Waals surface area contributed by atoms with Crippen LogP contribution in [0.5, 0.6) is 0 Å². The number of carbonyl (C=O) groups excluding carboxylic acids is 1. The molecule has 0 aliphatic carbocycles. The molecular formula is C20H11ClN4O6. The second-order valence-electron chi connectivity index (χ2n) is 6.06. The number of furan rings is 1. The maximum absolute atomic E-state index is 12.4. The van der Waals surface area contributed by atoms with E-state index in [0.29, 0.717) is 5.56 Å². The number of nitrogens with one attached hydrogen (secondary N) is 1. The number of benzene rings is 2. The lowest BCUT2D eigenvalue weighted by Gasteiger charge is -2.03. The lowest BCUT2D eigenvalue weighted by atomic mass is 10.1. The van der Waals surface area contributed by atoms with Crippen molar-refractivity contribution >= 4 is 40.6 Å². The van der Waals surface area contributed by atoms with Crippen LogP contribution in [-0.4, -0.2) is 15.8 Å². The second kappa shape index (κ2) is 8.89. The lowest BCUT2D eigenvalue weighted by molar-refractivity contribution is -0.384. The number of halogens is 1. The topological polar surface area (TPSA) is 152 Å². The quantitative estimate of drug-likeness (QED) is 0.247. The van der Waals surface area contributed by atoms with Crippen molar-refractivity contribution in [3.8, 4) is 17.4 Å². The summed E-state index contributed by atoms with van der Waals surface area (Å²) in [6.07, 6.45) is 1.18. The van der Waals surface area contributed by atoms with Gasteiger partial charge in [-0.2, -0.15) is 5.26 Å². The Kier molecular flexibility index (Phi) is 6.09. The van der Waals surface area contributed by atoms with Gasteiger partial charge in [0.25, 0.3) is 17.3 Å². The molecule has 1 aromatic heterocycles. The molecule has 1 heterocycles. The number of amides is 1. The average molecular weight is 439 g/mol. The zero-order valence-electron chi connectivity index (χ0n) is 15.4. The Morgan fingerprint density at radius 2 is 1.87 bits per heavy atom. The zero-order valence-corrected chi connectivity index (χ0v) is 16.2. The van der Waals surface area contributed by atoms with Crippen molar-refractivity contribution in [2.75, 3.05) is 5.32 Å². The molecule has 1 amide bonds. The number of nitro groups is 2. The molecule has 10 nitrogen and oxygen atoms in total.